The van der Waals surface area contributed by atoms with Gasteiger partial charge in [-0.15, -0.1) is 0 Å². The van der Waals surface area contributed by atoms with Crippen LogP contribution in [0.3, 0.4) is 0 Å². The van der Waals surface area contributed by atoms with E-state index in [0.29, 0.717) is 0 Å². The molecule has 2 aromatic heterocycles. The Morgan fingerprint density at radius 2 is 2.47 bits per heavy atom. The number of fused-ring (bicyclic) bond motifs is 1. The third-order valence-electron chi connectivity index (χ3n) is 3.19. The largest absolute Gasteiger partial charge is 0.368 e. The van der Waals surface area contributed by atoms with Crippen LogP contribution >= 0.6 is 0 Å². The minimum atomic E-state index is -0.0794. The SMILES string of the molecule is Cc1nccn1CC(=O)Nc1cnn2c1NCCC2. The van der Waals surface area contributed by atoms with Crippen LogP contribution < -0.4 is 10.6 Å². The first-order chi connectivity index (χ1) is 9.24. The van der Waals surface area contributed by atoms with E-state index < -0.39 is 0 Å². The number of nitrogens with one attached hydrogen (secondary N) is 2. The lowest BCUT2D eigenvalue weighted by Crippen LogP contribution is -2.22. The number of rotatable bonds is 3. The molecule has 0 aliphatic carbocycles. The molecule has 0 spiro atoms. The van der Waals surface area contributed by atoms with Crippen molar-refractivity contribution < 1.29 is 4.79 Å². The molecule has 0 radical (unpaired) electrons. The molecule has 0 aromatic carbocycles. The van der Waals surface area contributed by atoms with Crippen LogP contribution in [-0.4, -0.2) is 31.8 Å². The number of hydrogen-bond acceptors (Lipinski definition) is 4. The van der Waals surface area contributed by atoms with Crippen LogP contribution in [0.4, 0.5) is 11.5 Å². The first-order valence-corrected chi connectivity index (χ1v) is 6.31. The Labute approximate surface area is 110 Å². The fourth-order valence-electron chi connectivity index (χ4n) is 2.18. The van der Waals surface area contributed by atoms with Crippen LogP contribution in [0.15, 0.2) is 18.6 Å². The van der Waals surface area contributed by atoms with Crippen LogP contribution in [0, 0.1) is 6.92 Å². The van der Waals surface area contributed by atoms with Crippen LogP contribution in [-0.2, 0) is 17.9 Å². The molecule has 3 heterocycles. The van der Waals surface area contributed by atoms with E-state index in [1.807, 2.05) is 11.6 Å². The van der Waals surface area contributed by atoms with Crippen molar-refractivity contribution in [3.05, 3.63) is 24.4 Å². The highest BCUT2D eigenvalue weighted by Crippen LogP contribution is 2.24. The van der Waals surface area contributed by atoms with Gasteiger partial charge in [0.25, 0.3) is 0 Å². The van der Waals surface area contributed by atoms with E-state index >= 15 is 0 Å². The van der Waals surface area contributed by atoms with Gasteiger partial charge in [-0.3, -0.25) is 4.79 Å². The zero-order chi connectivity index (χ0) is 13.2. The molecule has 7 nitrogen and oxygen atoms in total. The quantitative estimate of drug-likeness (QED) is 0.857. The number of imidazole rings is 1. The van der Waals surface area contributed by atoms with E-state index in [9.17, 15) is 4.79 Å². The van der Waals surface area contributed by atoms with Gasteiger partial charge in [0.05, 0.1) is 6.20 Å². The molecule has 1 aliphatic rings. The van der Waals surface area contributed by atoms with E-state index in [4.69, 9.17) is 0 Å². The minimum absolute atomic E-state index is 0.0794. The van der Waals surface area contributed by atoms with E-state index in [1.165, 1.54) is 0 Å². The molecular formula is C12H16N6O. The standard InChI is InChI=1S/C12H16N6O/c1-9-13-4-6-17(9)8-11(19)16-10-7-15-18-5-2-3-14-12(10)18/h4,6-7,14H,2-3,5,8H2,1H3,(H,16,19). The molecule has 0 bridgehead atoms. The van der Waals surface area contributed by atoms with Crippen molar-refractivity contribution in [1.82, 2.24) is 19.3 Å². The topological polar surface area (TPSA) is 76.8 Å². The van der Waals surface area contributed by atoms with Gasteiger partial charge in [0.15, 0.2) is 0 Å². The van der Waals surface area contributed by atoms with Crippen LogP contribution in [0.2, 0.25) is 0 Å². The van der Waals surface area contributed by atoms with Crippen molar-refractivity contribution in [1.29, 1.82) is 0 Å². The Kier molecular flexibility index (Phi) is 2.94. The van der Waals surface area contributed by atoms with Crippen molar-refractivity contribution in [2.24, 2.45) is 0 Å². The predicted octanol–water partition coefficient (Wildman–Crippen LogP) is 0.842. The maximum absolute atomic E-state index is 12.0. The molecular weight excluding hydrogens is 244 g/mol. The highest BCUT2D eigenvalue weighted by Gasteiger charge is 2.16. The summed E-state index contributed by atoms with van der Waals surface area (Å²) in [5.74, 6) is 1.64. The predicted molar refractivity (Wildman–Crippen MR) is 70.9 cm³/mol. The van der Waals surface area contributed by atoms with E-state index in [0.717, 1.165) is 36.8 Å². The summed E-state index contributed by atoms with van der Waals surface area (Å²) >= 11 is 0. The summed E-state index contributed by atoms with van der Waals surface area (Å²) in [7, 11) is 0. The molecule has 0 fully saturated rings. The second-order valence-corrected chi connectivity index (χ2v) is 4.56. The van der Waals surface area contributed by atoms with Crippen molar-refractivity contribution in [3.8, 4) is 0 Å². The number of aryl methyl sites for hydroxylation is 2. The van der Waals surface area contributed by atoms with Crippen LogP contribution in [0.5, 0.6) is 0 Å². The summed E-state index contributed by atoms with van der Waals surface area (Å²) in [5, 5.41) is 10.4. The molecule has 1 aliphatic heterocycles. The number of carbonyl (C=O) groups excluding carboxylic acids is 1. The lowest BCUT2D eigenvalue weighted by atomic mass is 10.3. The summed E-state index contributed by atoms with van der Waals surface area (Å²) in [6.45, 7) is 3.93. The van der Waals surface area contributed by atoms with E-state index in [2.05, 4.69) is 20.7 Å². The zero-order valence-corrected chi connectivity index (χ0v) is 10.8. The van der Waals surface area contributed by atoms with Gasteiger partial charge in [-0.25, -0.2) is 9.67 Å². The second-order valence-electron chi connectivity index (χ2n) is 4.56. The molecule has 2 N–H and O–H groups in total. The Hall–Kier alpha value is -2.31. The number of amides is 1. The maximum atomic E-state index is 12.0. The molecule has 0 atom stereocenters. The molecule has 19 heavy (non-hydrogen) atoms. The highest BCUT2D eigenvalue weighted by atomic mass is 16.2. The molecule has 0 unspecified atom stereocenters. The first-order valence-electron chi connectivity index (χ1n) is 6.31. The van der Waals surface area contributed by atoms with Gasteiger partial charge in [0.2, 0.25) is 5.91 Å². The number of carbonyl (C=O) groups is 1. The average Bonchev–Trinajstić information content (AvgIpc) is 2.98. The summed E-state index contributed by atoms with van der Waals surface area (Å²) in [4.78, 5) is 16.1. The van der Waals surface area contributed by atoms with E-state index in [1.54, 1.807) is 23.2 Å². The second kappa shape index (κ2) is 4.75. The number of aromatic nitrogens is 4. The highest BCUT2D eigenvalue weighted by molar-refractivity contribution is 5.93. The summed E-state index contributed by atoms with van der Waals surface area (Å²) in [6.07, 6.45) is 6.22. The summed E-state index contributed by atoms with van der Waals surface area (Å²) < 4.78 is 3.68. The van der Waals surface area contributed by atoms with Crippen LogP contribution in [0.1, 0.15) is 12.2 Å². The fourth-order valence-corrected chi connectivity index (χ4v) is 2.18. The molecule has 0 saturated heterocycles. The Balaban J connectivity index is 1.70. The first kappa shape index (κ1) is 11.8. The fraction of sp³-hybridized carbons (Fsp3) is 0.417. The van der Waals surface area contributed by atoms with E-state index in [-0.39, 0.29) is 12.5 Å². The third kappa shape index (κ3) is 2.31. The lowest BCUT2D eigenvalue weighted by Gasteiger charge is -2.17. The Bertz CT molecular complexity index is 599. The number of anilines is 2. The molecule has 100 valence electrons. The van der Waals surface area contributed by atoms with Gasteiger partial charge in [-0.1, -0.05) is 0 Å². The van der Waals surface area contributed by atoms with Crippen molar-refractivity contribution in [2.45, 2.75) is 26.4 Å². The van der Waals surface area contributed by atoms with Gasteiger partial charge >= 0.3 is 0 Å². The number of nitrogens with zero attached hydrogens (tertiary/aromatic N) is 4. The Morgan fingerprint density at radius 3 is 3.26 bits per heavy atom. The summed E-state index contributed by atoms with van der Waals surface area (Å²) in [5.41, 5.74) is 0.738. The van der Waals surface area contributed by atoms with Gasteiger partial charge in [-0.2, -0.15) is 5.10 Å². The monoisotopic (exact) mass is 260 g/mol. The van der Waals surface area contributed by atoms with Gasteiger partial charge < -0.3 is 15.2 Å². The zero-order valence-electron chi connectivity index (χ0n) is 10.8. The van der Waals surface area contributed by atoms with Gasteiger partial charge in [0, 0.05) is 25.5 Å². The van der Waals surface area contributed by atoms with Crippen LogP contribution in [0.25, 0.3) is 0 Å². The third-order valence-corrected chi connectivity index (χ3v) is 3.19. The molecule has 3 rings (SSSR count). The lowest BCUT2D eigenvalue weighted by molar-refractivity contribution is -0.116. The summed E-state index contributed by atoms with van der Waals surface area (Å²) in [6, 6.07) is 0. The number of hydrogen-bond donors (Lipinski definition) is 2. The normalized spacial score (nSPS) is 13.7. The average molecular weight is 260 g/mol. The van der Waals surface area contributed by atoms with Gasteiger partial charge in [0.1, 0.15) is 23.9 Å². The van der Waals surface area contributed by atoms with Gasteiger partial charge in [-0.05, 0) is 13.3 Å². The molecule has 2 aromatic rings. The molecule has 7 heteroatoms. The van der Waals surface area contributed by atoms with Crippen molar-refractivity contribution in [3.63, 3.8) is 0 Å². The Morgan fingerprint density at radius 1 is 1.58 bits per heavy atom. The van der Waals surface area contributed by atoms with Crippen molar-refractivity contribution in [2.75, 3.05) is 17.2 Å². The smallest absolute Gasteiger partial charge is 0.244 e. The molecule has 1 amide bonds. The molecule has 0 saturated carbocycles. The maximum Gasteiger partial charge on any atom is 0.244 e. The van der Waals surface area contributed by atoms with Crippen molar-refractivity contribution >= 4 is 17.4 Å². The minimum Gasteiger partial charge on any atom is -0.368 e.